The van der Waals surface area contributed by atoms with Crippen LogP contribution in [0, 0.1) is 23.6 Å². The third-order valence-corrected chi connectivity index (χ3v) is 1.71. The highest BCUT2D eigenvalue weighted by Gasteiger charge is 2.05. The maximum atomic E-state index is 13.0. The van der Waals surface area contributed by atoms with Crippen molar-refractivity contribution >= 4 is 17.6 Å². The van der Waals surface area contributed by atoms with E-state index in [9.17, 15) is 4.39 Å². The molecule has 0 unspecified atom stereocenters. The van der Waals surface area contributed by atoms with Crippen LogP contribution in [0.4, 0.5) is 15.8 Å². The molecule has 0 heterocycles. The number of hydrogen-bond acceptors (Lipinski definition) is 3. The van der Waals surface area contributed by atoms with Gasteiger partial charge in [0.25, 0.3) is 0 Å². The first-order chi connectivity index (χ1) is 6.69. The van der Waals surface area contributed by atoms with Crippen LogP contribution in [0.5, 0.6) is 0 Å². The lowest BCUT2D eigenvalue weighted by atomic mass is 10.1. The molecule has 4 N–H and O–H groups in total. The van der Waals surface area contributed by atoms with Crippen molar-refractivity contribution in [1.29, 1.82) is 5.41 Å². The molecule has 1 aromatic rings. The average molecular weight is 191 g/mol. The van der Waals surface area contributed by atoms with Gasteiger partial charge in [-0.25, -0.2) is 4.39 Å². The van der Waals surface area contributed by atoms with Crippen molar-refractivity contribution in [1.82, 2.24) is 0 Å². The molecule has 0 saturated carbocycles. The number of anilines is 2. The average Bonchev–Trinajstić information content (AvgIpc) is 2.19. The summed E-state index contributed by atoms with van der Waals surface area (Å²) < 4.78 is 13.0. The molecule has 72 valence electrons. The van der Waals surface area contributed by atoms with Gasteiger partial charge in [0.05, 0.1) is 12.2 Å². The molecule has 0 fully saturated rings. The van der Waals surface area contributed by atoms with Gasteiger partial charge >= 0.3 is 0 Å². The lowest BCUT2D eigenvalue weighted by molar-refractivity contribution is 0.632. The molecule has 14 heavy (non-hydrogen) atoms. The molecule has 0 saturated heterocycles. The monoisotopic (exact) mass is 191 g/mol. The van der Waals surface area contributed by atoms with E-state index in [1.54, 1.807) is 0 Å². The van der Waals surface area contributed by atoms with E-state index in [-0.39, 0.29) is 5.69 Å². The number of halogens is 1. The van der Waals surface area contributed by atoms with E-state index in [2.05, 4.69) is 11.2 Å². The van der Waals surface area contributed by atoms with Crippen molar-refractivity contribution in [2.24, 2.45) is 0 Å². The zero-order valence-electron chi connectivity index (χ0n) is 7.47. The summed E-state index contributed by atoms with van der Waals surface area (Å²) in [5.74, 6) is 1.85. The molecule has 0 amide bonds. The van der Waals surface area contributed by atoms with E-state index in [0.29, 0.717) is 17.8 Å². The quantitative estimate of drug-likeness (QED) is 0.384. The minimum atomic E-state index is -0.533. The molecule has 4 heteroatoms. The first kappa shape index (κ1) is 10.1. The number of nitrogens with two attached hydrogens (primary N) is 1. The summed E-state index contributed by atoms with van der Waals surface area (Å²) in [5.41, 5.74) is 6.40. The number of benzene rings is 1. The molecule has 0 atom stereocenters. The maximum Gasteiger partial charge on any atom is 0.146 e. The Balaban J connectivity index is 3.08. The van der Waals surface area contributed by atoms with Crippen LogP contribution >= 0.6 is 0 Å². The third kappa shape index (κ3) is 2.02. The summed E-state index contributed by atoms with van der Waals surface area (Å²) in [5, 5.41) is 9.91. The van der Waals surface area contributed by atoms with Gasteiger partial charge in [-0.2, -0.15) is 0 Å². The van der Waals surface area contributed by atoms with Gasteiger partial charge in [-0.05, 0) is 12.1 Å². The van der Waals surface area contributed by atoms with Crippen molar-refractivity contribution in [3.63, 3.8) is 0 Å². The summed E-state index contributed by atoms with van der Waals surface area (Å²) in [7, 11) is 0. The summed E-state index contributed by atoms with van der Waals surface area (Å²) in [6.07, 6.45) is 6.10. The molecular formula is C10H10FN3. The summed E-state index contributed by atoms with van der Waals surface area (Å²) in [4.78, 5) is 0. The molecule has 0 radical (unpaired) electrons. The molecule has 0 bridgehead atoms. The normalized spacial score (nSPS) is 9.14. The van der Waals surface area contributed by atoms with Crippen LogP contribution in [-0.4, -0.2) is 12.8 Å². The van der Waals surface area contributed by atoms with Gasteiger partial charge in [-0.3, -0.25) is 0 Å². The number of nitrogens with one attached hydrogen (secondary N) is 2. The van der Waals surface area contributed by atoms with Gasteiger partial charge in [-0.15, -0.1) is 6.42 Å². The summed E-state index contributed by atoms with van der Waals surface area (Å²) >= 11 is 0. The first-order valence-electron chi connectivity index (χ1n) is 3.96. The number of rotatable bonds is 3. The molecule has 1 rings (SSSR count). The Hall–Kier alpha value is -2.02. The van der Waals surface area contributed by atoms with Gasteiger partial charge in [-0.1, -0.05) is 5.92 Å². The van der Waals surface area contributed by atoms with E-state index in [1.807, 2.05) is 0 Å². The molecule has 0 aromatic heterocycles. The fraction of sp³-hybridized carbons (Fsp3) is 0.100. The first-order valence-corrected chi connectivity index (χ1v) is 3.96. The highest BCUT2D eigenvalue weighted by atomic mass is 19.1. The second-order valence-electron chi connectivity index (χ2n) is 2.66. The van der Waals surface area contributed by atoms with Crippen LogP contribution < -0.4 is 11.1 Å². The zero-order chi connectivity index (χ0) is 10.6. The van der Waals surface area contributed by atoms with Gasteiger partial charge in [0.2, 0.25) is 0 Å². The minimum Gasteiger partial charge on any atom is -0.396 e. The smallest absolute Gasteiger partial charge is 0.146 e. The van der Waals surface area contributed by atoms with Crippen molar-refractivity contribution in [2.45, 2.75) is 0 Å². The maximum absolute atomic E-state index is 13.0. The predicted octanol–water partition coefficient (Wildman–Crippen LogP) is 1.45. The molecule has 0 spiro atoms. The third-order valence-electron chi connectivity index (χ3n) is 1.71. The Morgan fingerprint density at radius 3 is 2.93 bits per heavy atom. The van der Waals surface area contributed by atoms with Gasteiger partial charge in [0, 0.05) is 17.5 Å². The number of hydrogen-bond donors (Lipinski definition) is 3. The standard InChI is InChI=1S/C10H10FN3/c1-2-3-14-10-5-9(13)8(11)4-7(10)6-12/h1,4-6,12,14H,3,13H2. The minimum absolute atomic E-state index is 0.0371. The van der Waals surface area contributed by atoms with Crippen molar-refractivity contribution in [3.8, 4) is 12.3 Å². The number of terminal acetylenes is 1. The van der Waals surface area contributed by atoms with E-state index in [0.717, 1.165) is 6.21 Å². The molecular weight excluding hydrogens is 181 g/mol. The highest BCUT2D eigenvalue weighted by Crippen LogP contribution is 2.20. The molecule has 0 aliphatic heterocycles. The number of nitrogen functional groups attached to an aromatic ring is 1. The second kappa shape index (κ2) is 4.28. The molecule has 3 nitrogen and oxygen atoms in total. The molecule has 0 aliphatic carbocycles. The Morgan fingerprint density at radius 2 is 2.36 bits per heavy atom. The topological polar surface area (TPSA) is 61.9 Å². The summed E-state index contributed by atoms with van der Waals surface area (Å²) in [6, 6.07) is 2.62. The zero-order valence-corrected chi connectivity index (χ0v) is 7.47. The van der Waals surface area contributed by atoms with Gasteiger partial charge in [0.15, 0.2) is 0 Å². The SMILES string of the molecule is C#CCNc1cc(N)c(F)cc1C=N. The van der Waals surface area contributed by atoms with E-state index in [1.165, 1.54) is 12.1 Å². The van der Waals surface area contributed by atoms with Crippen LogP contribution in [0.15, 0.2) is 12.1 Å². The fourth-order valence-corrected chi connectivity index (χ4v) is 1.02. The van der Waals surface area contributed by atoms with Crippen molar-refractivity contribution < 1.29 is 4.39 Å². The van der Waals surface area contributed by atoms with E-state index >= 15 is 0 Å². The van der Waals surface area contributed by atoms with Crippen LogP contribution in [0.3, 0.4) is 0 Å². The van der Waals surface area contributed by atoms with Crippen molar-refractivity contribution in [3.05, 3.63) is 23.5 Å². The second-order valence-corrected chi connectivity index (χ2v) is 2.66. The lowest BCUT2D eigenvalue weighted by Crippen LogP contribution is -2.04. The van der Waals surface area contributed by atoms with E-state index < -0.39 is 5.82 Å². The van der Waals surface area contributed by atoms with Crippen molar-refractivity contribution in [2.75, 3.05) is 17.6 Å². The fourth-order valence-electron chi connectivity index (χ4n) is 1.02. The Labute approximate surface area is 81.6 Å². The molecule has 0 aliphatic rings. The summed E-state index contributed by atoms with van der Waals surface area (Å²) in [6.45, 7) is 0.311. The molecule has 1 aromatic carbocycles. The highest BCUT2D eigenvalue weighted by molar-refractivity contribution is 5.87. The van der Waals surface area contributed by atoms with Gasteiger partial charge < -0.3 is 16.5 Å². The Kier molecular flexibility index (Phi) is 3.08. The van der Waals surface area contributed by atoms with Gasteiger partial charge in [0.1, 0.15) is 5.82 Å². The largest absolute Gasteiger partial charge is 0.396 e. The Morgan fingerprint density at radius 1 is 1.64 bits per heavy atom. The lowest BCUT2D eigenvalue weighted by Gasteiger charge is -2.08. The van der Waals surface area contributed by atoms with Crippen LogP contribution in [-0.2, 0) is 0 Å². The Bertz CT molecular complexity index is 393. The van der Waals surface area contributed by atoms with Crippen LogP contribution in [0.1, 0.15) is 5.56 Å². The predicted molar refractivity (Wildman–Crippen MR) is 56.0 cm³/mol. The van der Waals surface area contributed by atoms with E-state index in [4.69, 9.17) is 17.6 Å². The van der Waals surface area contributed by atoms with Crippen LogP contribution in [0.25, 0.3) is 0 Å². The van der Waals surface area contributed by atoms with Crippen LogP contribution in [0.2, 0.25) is 0 Å².